The zero-order valence-electron chi connectivity index (χ0n) is 11.0. The van der Waals surface area contributed by atoms with Gasteiger partial charge >= 0.3 is 0 Å². The maximum atomic E-state index is 13.8. The summed E-state index contributed by atoms with van der Waals surface area (Å²) >= 11 is 7.85. The summed E-state index contributed by atoms with van der Waals surface area (Å²) in [6.07, 6.45) is 2.48. The van der Waals surface area contributed by atoms with Crippen molar-refractivity contribution in [3.05, 3.63) is 64.7 Å². The number of carbonyl (C=O) groups excluding carboxylic acids is 1. The highest BCUT2D eigenvalue weighted by molar-refractivity contribution is 7.99. The van der Waals surface area contributed by atoms with Crippen molar-refractivity contribution in [2.45, 2.75) is 5.37 Å². The summed E-state index contributed by atoms with van der Waals surface area (Å²) < 4.78 is 13.8. The SMILES string of the molecule is O=C(c1ccncc1F)N1CCSC1c1ccccc1Cl. The molecule has 1 aliphatic heterocycles. The molecule has 108 valence electrons. The fourth-order valence-electron chi connectivity index (χ4n) is 2.31. The van der Waals surface area contributed by atoms with Gasteiger partial charge in [0, 0.05) is 29.1 Å². The van der Waals surface area contributed by atoms with Gasteiger partial charge in [-0.1, -0.05) is 29.8 Å². The van der Waals surface area contributed by atoms with E-state index in [1.807, 2.05) is 18.2 Å². The summed E-state index contributed by atoms with van der Waals surface area (Å²) in [6, 6.07) is 8.83. The quantitative estimate of drug-likeness (QED) is 0.844. The van der Waals surface area contributed by atoms with Crippen molar-refractivity contribution in [3.63, 3.8) is 0 Å². The molecular formula is C15H12ClFN2OS. The number of hydrogen-bond acceptors (Lipinski definition) is 3. The molecule has 0 radical (unpaired) electrons. The van der Waals surface area contributed by atoms with Crippen LogP contribution in [0.4, 0.5) is 4.39 Å². The fraction of sp³-hybridized carbons (Fsp3) is 0.200. The molecule has 0 N–H and O–H groups in total. The number of nitrogens with zero attached hydrogens (tertiary/aromatic N) is 2. The van der Waals surface area contributed by atoms with Crippen LogP contribution in [0.15, 0.2) is 42.7 Å². The van der Waals surface area contributed by atoms with Gasteiger partial charge in [-0.25, -0.2) is 4.39 Å². The van der Waals surface area contributed by atoms with E-state index in [9.17, 15) is 9.18 Å². The highest BCUT2D eigenvalue weighted by Crippen LogP contribution is 2.41. The molecule has 0 spiro atoms. The van der Waals surface area contributed by atoms with E-state index in [0.29, 0.717) is 11.6 Å². The van der Waals surface area contributed by atoms with Crippen LogP contribution >= 0.6 is 23.4 Å². The lowest BCUT2D eigenvalue weighted by Crippen LogP contribution is -2.31. The number of thioether (sulfide) groups is 1. The van der Waals surface area contributed by atoms with Crippen molar-refractivity contribution in [3.8, 4) is 0 Å². The third kappa shape index (κ3) is 2.76. The summed E-state index contributed by atoms with van der Waals surface area (Å²) in [7, 11) is 0. The van der Waals surface area contributed by atoms with Crippen molar-refractivity contribution in [2.75, 3.05) is 12.3 Å². The Labute approximate surface area is 131 Å². The van der Waals surface area contributed by atoms with Crippen molar-refractivity contribution in [2.24, 2.45) is 0 Å². The first-order valence-electron chi connectivity index (χ1n) is 6.45. The minimum absolute atomic E-state index is 0.0459. The van der Waals surface area contributed by atoms with Gasteiger partial charge in [0.1, 0.15) is 5.37 Å². The van der Waals surface area contributed by atoms with Crippen LogP contribution in [0.2, 0.25) is 5.02 Å². The van der Waals surface area contributed by atoms with Gasteiger partial charge in [-0.3, -0.25) is 9.78 Å². The highest BCUT2D eigenvalue weighted by atomic mass is 35.5. The maximum absolute atomic E-state index is 13.8. The standard InChI is InChI=1S/C15H12ClFN2OS/c16-12-4-2-1-3-10(12)15-19(7-8-21-15)14(20)11-5-6-18-9-13(11)17/h1-6,9,15H,7-8H2. The van der Waals surface area contributed by atoms with Gasteiger partial charge in [0.05, 0.1) is 11.8 Å². The topological polar surface area (TPSA) is 33.2 Å². The highest BCUT2D eigenvalue weighted by Gasteiger charge is 2.33. The number of rotatable bonds is 2. The first-order chi connectivity index (χ1) is 10.2. The Balaban J connectivity index is 1.93. The molecule has 1 aromatic carbocycles. The Hall–Kier alpha value is -1.59. The predicted molar refractivity (Wildman–Crippen MR) is 81.9 cm³/mol. The number of aromatic nitrogens is 1. The third-order valence-electron chi connectivity index (χ3n) is 3.33. The molecule has 1 amide bonds. The van der Waals surface area contributed by atoms with E-state index >= 15 is 0 Å². The molecule has 1 atom stereocenters. The number of benzene rings is 1. The maximum Gasteiger partial charge on any atom is 0.258 e. The zero-order chi connectivity index (χ0) is 14.8. The molecule has 2 heterocycles. The molecule has 3 rings (SSSR count). The zero-order valence-corrected chi connectivity index (χ0v) is 12.6. The molecule has 1 saturated heterocycles. The molecule has 1 aromatic heterocycles. The van der Waals surface area contributed by atoms with Crippen LogP contribution in [0.5, 0.6) is 0 Å². The van der Waals surface area contributed by atoms with E-state index < -0.39 is 5.82 Å². The summed E-state index contributed by atoms with van der Waals surface area (Å²) in [5.74, 6) is -0.129. The van der Waals surface area contributed by atoms with Crippen molar-refractivity contribution in [1.29, 1.82) is 0 Å². The van der Waals surface area contributed by atoms with Gasteiger partial charge in [-0.15, -0.1) is 11.8 Å². The number of amides is 1. The first-order valence-corrected chi connectivity index (χ1v) is 7.87. The molecule has 0 bridgehead atoms. The van der Waals surface area contributed by atoms with Gasteiger partial charge in [-0.2, -0.15) is 0 Å². The Morgan fingerprint density at radius 1 is 1.38 bits per heavy atom. The lowest BCUT2D eigenvalue weighted by atomic mass is 10.1. The van der Waals surface area contributed by atoms with Crippen LogP contribution in [-0.2, 0) is 0 Å². The van der Waals surface area contributed by atoms with Crippen LogP contribution in [0.25, 0.3) is 0 Å². The Bertz CT molecular complexity index is 682. The molecule has 2 aromatic rings. The lowest BCUT2D eigenvalue weighted by molar-refractivity contribution is 0.0755. The van der Waals surface area contributed by atoms with Crippen LogP contribution < -0.4 is 0 Å². The molecule has 1 fully saturated rings. The average Bonchev–Trinajstić information content (AvgIpc) is 2.97. The van der Waals surface area contributed by atoms with Gasteiger partial charge in [0.25, 0.3) is 5.91 Å². The molecule has 0 aliphatic carbocycles. The van der Waals surface area contributed by atoms with Crippen molar-refractivity contribution in [1.82, 2.24) is 9.88 Å². The predicted octanol–water partition coefficient (Wildman–Crippen LogP) is 3.76. The largest absolute Gasteiger partial charge is 0.322 e. The Kier molecular flexibility index (Phi) is 4.12. The molecule has 1 unspecified atom stereocenters. The number of halogens is 2. The van der Waals surface area contributed by atoms with Crippen LogP contribution in [0.3, 0.4) is 0 Å². The molecule has 6 heteroatoms. The number of pyridine rings is 1. The Morgan fingerprint density at radius 3 is 2.95 bits per heavy atom. The monoisotopic (exact) mass is 322 g/mol. The summed E-state index contributed by atoms with van der Waals surface area (Å²) in [5, 5.41) is 0.434. The van der Waals surface area contributed by atoms with Gasteiger partial charge in [-0.05, 0) is 12.1 Å². The van der Waals surface area contributed by atoms with E-state index in [1.54, 1.807) is 22.7 Å². The summed E-state index contributed by atoms with van der Waals surface area (Å²) in [5.41, 5.74) is 0.925. The molecule has 1 aliphatic rings. The summed E-state index contributed by atoms with van der Waals surface area (Å²) in [6.45, 7) is 0.571. The second-order valence-electron chi connectivity index (χ2n) is 4.60. The smallest absolute Gasteiger partial charge is 0.258 e. The van der Waals surface area contributed by atoms with Crippen LogP contribution in [0.1, 0.15) is 21.3 Å². The van der Waals surface area contributed by atoms with Gasteiger partial charge in [0.2, 0.25) is 0 Å². The van der Waals surface area contributed by atoms with Crippen LogP contribution in [0, 0.1) is 5.82 Å². The normalized spacial score (nSPS) is 18.0. The van der Waals surface area contributed by atoms with E-state index in [2.05, 4.69) is 4.98 Å². The van der Waals surface area contributed by atoms with Crippen molar-refractivity contribution < 1.29 is 9.18 Å². The third-order valence-corrected chi connectivity index (χ3v) is 4.91. The second kappa shape index (κ2) is 6.03. The number of carbonyl (C=O) groups is 1. The van der Waals surface area contributed by atoms with E-state index in [-0.39, 0.29) is 16.8 Å². The minimum atomic E-state index is -0.600. The van der Waals surface area contributed by atoms with E-state index in [4.69, 9.17) is 11.6 Å². The average molecular weight is 323 g/mol. The molecule has 0 saturated carbocycles. The molecular weight excluding hydrogens is 311 g/mol. The lowest BCUT2D eigenvalue weighted by Gasteiger charge is -2.25. The Morgan fingerprint density at radius 2 is 2.19 bits per heavy atom. The minimum Gasteiger partial charge on any atom is -0.322 e. The van der Waals surface area contributed by atoms with Crippen LogP contribution in [-0.4, -0.2) is 28.1 Å². The second-order valence-corrected chi connectivity index (χ2v) is 6.19. The number of hydrogen-bond donors (Lipinski definition) is 0. The molecule has 3 nitrogen and oxygen atoms in total. The molecule has 21 heavy (non-hydrogen) atoms. The first kappa shape index (κ1) is 14.4. The fourth-order valence-corrected chi connectivity index (χ4v) is 3.91. The van der Waals surface area contributed by atoms with E-state index in [0.717, 1.165) is 17.5 Å². The summed E-state index contributed by atoms with van der Waals surface area (Å²) in [4.78, 5) is 17.9. The van der Waals surface area contributed by atoms with E-state index in [1.165, 1.54) is 12.3 Å². The van der Waals surface area contributed by atoms with Gasteiger partial charge < -0.3 is 4.90 Å². The van der Waals surface area contributed by atoms with Crippen molar-refractivity contribution >= 4 is 29.3 Å². The van der Waals surface area contributed by atoms with Gasteiger partial charge in [0.15, 0.2) is 5.82 Å².